The van der Waals surface area contributed by atoms with E-state index >= 15 is 0 Å². The molecule has 2 unspecified atom stereocenters. The maximum Gasteiger partial charge on any atom is 0.421 e. The van der Waals surface area contributed by atoms with Crippen molar-refractivity contribution in [2.45, 2.75) is 11.9 Å². The Labute approximate surface area is 223 Å². The molecule has 2 aromatic carbocycles. The first-order valence-electron chi connectivity index (χ1n) is 11.2. The van der Waals surface area contributed by atoms with Gasteiger partial charge in [-0.25, -0.2) is 9.37 Å². The molecule has 2 atom stereocenters. The first kappa shape index (κ1) is 27.7. The molecule has 0 aliphatic heterocycles. The second-order valence-corrected chi connectivity index (χ2v) is 9.04. The Bertz CT molecular complexity index is 1410. The van der Waals surface area contributed by atoms with E-state index in [9.17, 15) is 22.5 Å². The van der Waals surface area contributed by atoms with Crippen LogP contribution < -0.4 is 20.5 Å². The quantitative estimate of drug-likeness (QED) is 0.188. The fourth-order valence-corrected chi connectivity index (χ4v) is 4.03. The molecule has 39 heavy (non-hydrogen) atoms. The van der Waals surface area contributed by atoms with E-state index in [1.165, 1.54) is 68.2 Å². The normalized spacial score (nSPS) is 12.7. The average Bonchev–Trinajstić information content (AvgIpc) is 3.34. The molecule has 0 bridgehead atoms. The van der Waals surface area contributed by atoms with Gasteiger partial charge in [0.25, 0.3) is 5.91 Å². The largest absolute Gasteiger partial charge is 0.588 e. The number of halogens is 3. The minimum atomic E-state index is -3.17. The second-order valence-electron chi connectivity index (χ2n) is 7.89. The van der Waals surface area contributed by atoms with Gasteiger partial charge in [0.15, 0.2) is 0 Å². The van der Waals surface area contributed by atoms with E-state index in [2.05, 4.69) is 30.2 Å². The van der Waals surface area contributed by atoms with E-state index in [1.54, 1.807) is 0 Å². The summed E-state index contributed by atoms with van der Waals surface area (Å²) < 4.78 is 65.0. The van der Waals surface area contributed by atoms with Crippen molar-refractivity contribution in [1.29, 1.82) is 0 Å². The minimum absolute atomic E-state index is 0.00829. The number of H-pyrrole nitrogens is 1. The smallest absolute Gasteiger partial charge is 0.421 e. The number of rotatable bonds is 12. The van der Waals surface area contributed by atoms with E-state index in [4.69, 9.17) is 15.2 Å². The van der Waals surface area contributed by atoms with E-state index in [0.29, 0.717) is 16.9 Å². The topological polar surface area (TPSA) is 163 Å². The molecule has 204 valence electrons. The third kappa shape index (κ3) is 6.76. The molecule has 2 heterocycles. The minimum Gasteiger partial charge on any atom is -0.588 e. The van der Waals surface area contributed by atoms with Crippen molar-refractivity contribution in [2.75, 3.05) is 23.8 Å². The van der Waals surface area contributed by atoms with Gasteiger partial charge in [0.2, 0.25) is 0 Å². The summed E-state index contributed by atoms with van der Waals surface area (Å²) in [6.07, 6.45) is 3.53. The number of carbonyl (C=O) groups is 1. The zero-order valence-corrected chi connectivity index (χ0v) is 21.0. The van der Waals surface area contributed by atoms with Crippen LogP contribution in [0.15, 0.2) is 61.1 Å². The highest BCUT2D eigenvalue weighted by Crippen LogP contribution is 2.37. The van der Waals surface area contributed by atoms with Crippen molar-refractivity contribution >= 4 is 34.6 Å². The van der Waals surface area contributed by atoms with Crippen LogP contribution in [0.5, 0.6) is 5.75 Å². The number of hydrogen-bond acceptors (Lipinski definition) is 9. The van der Waals surface area contributed by atoms with Crippen LogP contribution in [0.1, 0.15) is 22.0 Å². The number of aromatic nitrogens is 4. The molecule has 15 heteroatoms. The van der Waals surface area contributed by atoms with Gasteiger partial charge in [-0.2, -0.15) is 18.6 Å². The number of methoxy groups -OCH3 is 1. The number of alkyl halides is 2. The lowest BCUT2D eigenvalue weighted by Gasteiger charge is -2.22. The van der Waals surface area contributed by atoms with Gasteiger partial charge in [-0.1, -0.05) is 18.2 Å². The monoisotopic (exact) mass is 561 g/mol. The zero-order chi connectivity index (χ0) is 27.9. The van der Waals surface area contributed by atoms with Crippen LogP contribution >= 0.6 is 0 Å². The standard InChI is InChI=1S/C24H22F3N7O4S/c1-37-12-18(13-2-5-15(25)6-3-13)38-17-10-14(4-7-16(17)34-39(36)24(26)27)21-20(22(28)35)23(33-32-21)31-19-11-29-8-9-30-19/h2-11,18,24,34H,12H2,1H3,(H2,28,35)(H2,30,31,32,33). The third-order valence-corrected chi connectivity index (χ3v) is 6.03. The molecule has 0 aliphatic carbocycles. The fourth-order valence-electron chi connectivity index (χ4n) is 3.56. The predicted molar refractivity (Wildman–Crippen MR) is 137 cm³/mol. The summed E-state index contributed by atoms with van der Waals surface area (Å²) in [7, 11) is 1.43. The van der Waals surface area contributed by atoms with Crippen molar-refractivity contribution in [3.05, 3.63) is 78.0 Å². The summed E-state index contributed by atoms with van der Waals surface area (Å²) in [5.74, 6) is -4.02. The summed E-state index contributed by atoms with van der Waals surface area (Å²) in [5.41, 5.74) is 6.54. The Hall–Kier alpha value is -4.34. The number of carbonyl (C=O) groups excluding carboxylic acids is 1. The average molecular weight is 562 g/mol. The molecule has 5 N–H and O–H groups in total. The summed E-state index contributed by atoms with van der Waals surface area (Å²) in [4.78, 5) is 20.4. The highest BCUT2D eigenvalue weighted by atomic mass is 32.2. The predicted octanol–water partition coefficient (Wildman–Crippen LogP) is 3.91. The van der Waals surface area contributed by atoms with Crippen LogP contribution in [0, 0.1) is 5.82 Å². The molecule has 4 aromatic rings. The number of primary amides is 1. The Morgan fingerprint density at radius 3 is 2.62 bits per heavy atom. The molecular formula is C24H22F3N7O4S. The van der Waals surface area contributed by atoms with E-state index in [-0.39, 0.29) is 35.1 Å². The molecule has 11 nitrogen and oxygen atoms in total. The second kappa shape index (κ2) is 12.5. The fraction of sp³-hybridized carbons (Fsp3) is 0.167. The lowest BCUT2D eigenvalue weighted by atomic mass is 10.1. The van der Waals surface area contributed by atoms with Gasteiger partial charge in [-0.3, -0.25) is 14.9 Å². The highest BCUT2D eigenvalue weighted by molar-refractivity contribution is 7.93. The Balaban J connectivity index is 1.75. The van der Waals surface area contributed by atoms with Crippen molar-refractivity contribution in [2.24, 2.45) is 5.73 Å². The van der Waals surface area contributed by atoms with Gasteiger partial charge in [-0.15, -0.1) is 0 Å². The van der Waals surface area contributed by atoms with Crippen molar-refractivity contribution in [3.8, 4) is 17.0 Å². The highest BCUT2D eigenvalue weighted by Gasteiger charge is 2.26. The van der Waals surface area contributed by atoms with Crippen LogP contribution in [0.4, 0.5) is 30.5 Å². The van der Waals surface area contributed by atoms with Crippen molar-refractivity contribution in [3.63, 3.8) is 0 Å². The Kier molecular flexibility index (Phi) is 8.85. The number of aromatic amines is 1. The van der Waals surface area contributed by atoms with E-state index in [1.807, 2.05) is 0 Å². The maximum atomic E-state index is 13.5. The van der Waals surface area contributed by atoms with Gasteiger partial charge in [-0.05, 0) is 29.8 Å². The van der Waals surface area contributed by atoms with Gasteiger partial charge < -0.3 is 25.1 Å². The van der Waals surface area contributed by atoms with Crippen LogP contribution in [0.2, 0.25) is 0 Å². The molecule has 1 amide bonds. The summed E-state index contributed by atoms with van der Waals surface area (Å²) in [5, 5.41) is 9.75. The number of benzene rings is 2. The van der Waals surface area contributed by atoms with Gasteiger partial charge in [0.1, 0.15) is 57.6 Å². The molecule has 0 radical (unpaired) electrons. The Morgan fingerprint density at radius 2 is 1.97 bits per heavy atom. The van der Waals surface area contributed by atoms with Gasteiger partial charge in [0.05, 0.1) is 12.8 Å². The summed E-state index contributed by atoms with van der Waals surface area (Å²) >= 11 is -2.74. The molecule has 0 fully saturated rings. The SMILES string of the molecule is COCC(Oc1cc(-c2n[nH]c(Nc3cnccn3)c2C(N)=O)ccc1N[S+]([O-])C(F)F)c1ccc(F)cc1. The van der Waals surface area contributed by atoms with Crippen LogP contribution in [-0.4, -0.2) is 50.1 Å². The number of nitrogens with two attached hydrogens (primary N) is 1. The number of anilines is 3. The van der Waals surface area contributed by atoms with Crippen LogP contribution in [0.3, 0.4) is 0 Å². The molecule has 0 aliphatic rings. The molecule has 0 saturated carbocycles. The third-order valence-electron chi connectivity index (χ3n) is 5.29. The lowest BCUT2D eigenvalue weighted by Crippen LogP contribution is -2.22. The van der Waals surface area contributed by atoms with E-state index < -0.39 is 34.9 Å². The molecule has 2 aromatic heterocycles. The van der Waals surface area contributed by atoms with Gasteiger partial charge >= 0.3 is 5.76 Å². The van der Waals surface area contributed by atoms with E-state index in [0.717, 1.165) is 0 Å². The van der Waals surface area contributed by atoms with Crippen molar-refractivity contribution in [1.82, 2.24) is 20.2 Å². The van der Waals surface area contributed by atoms with Crippen LogP contribution in [-0.2, 0) is 16.1 Å². The number of ether oxygens (including phenoxy) is 2. The van der Waals surface area contributed by atoms with Crippen LogP contribution in [0.25, 0.3) is 11.3 Å². The number of hydrogen-bond donors (Lipinski definition) is 4. The molecule has 4 rings (SSSR count). The van der Waals surface area contributed by atoms with Gasteiger partial charge in [0, 0.05) is 25.1 Å². The molecular weight excluding hydrogens is 539 g/mol. The molecule has 0 saturated heterocycles. The lowest BCUT2D eigenvalue weighted by molar-refractivity contribution is 0.0815. The zero-order valence-electron chi connectivity index (χ0n) is 20.2. The first-order valence-corrected chi connectivity index (χ1v) is 12.4. The number of amides is 1. The maximum absolute atomic E-state index is 13.5. The van der Waals surface area contributed by atoms with Crippen molar-refractivity contribution < 1.29 is 32.0 Å². The Morgan fingerprint density at radius 1 is 1.21 bits per heavy atom. The summed E-state index contributed by atoms with van der Waals surface area (Å²) in [6.45, 7) is 0.00829. The number of nitrogens with zero attached hydrogens (tertiary/aromatic N) is 3. The first-order chi connectivity index (χ1) is 18.8. The number of nitrogens with one attached hydrogen (secondary N) is 3. The molecule has 0 spiro atoms. The summed E-state index contributed by atoms with van der Waals surface area (Å²) in [6, 6.07) is 9.64.